The van der Waals surface area contributed by atoms with Crippen molar-refractivity contribution in [1.82, 2.24) is 30.1 Å². The van der Waals surface area contributed by atoms with Gasteiger partial charge >= 0.3 is 0 Å². The summed E-state index contributed by atoms with van der Waals surface area (Å²) in [5.74, 6) is 1.18. The van der Waals surface area contributed by atoms with E-state index in [1.54, 1.807) is 24.4 Å². The Hall–Kier alpha value is -4.27. The summed E-state index contributed by atoms with van der Waals surface area (Å²) in [6.07, 6.45) is 7.70. The van der Waals surface area contributed by atoms with Crippen LogP contribution in [-0.4, -0.2) is 88.3 Å². The molecule has 8 nitrogen and oxygen atoms in total. The summed E-state index contributed by atoms with van der Waals surface area (Å²) in [6.45, 7) is 14.8. The zero-order valence-electron chi connectivity index (χ0n) is 29.8. The Morgan fingerprint density at radius 3 is 2.55 bits per heavy atom. The van der Waals surface area contributed by atoms with E-state index in [0.717, 1.165) is 50.6 Å². The fourth-order valence-corrected chi connectivity index (χ4v) is 8.14. The Bertz CT molecular complexity index is 1950. The molecule has 1 N–H and O–H groups in total. The summed E-state index contributed by atoms with van der Waals surface area (Å²) in [6, 6.07) is 12.0. The number of fused-ring (bicyclic) bond motifs is 3. The molecule has 9 rings (SSSR count). The molecular formula is C40H47F3N8. The highest BCUT2D eigenvalue weighted by molar-refractivity contribution is 5.99. The zero-order valence-corrected chi connectivity index (χ0v) is 29.8. The minimum Gasteiger partial charge on any atom is -0.370 e. The van der Waals surface area contributed by atoms with Crippen molar-refractivity contribution >= 4 is 27.5 Å². The van der Waals surface area contributed by atoms with Crippen LogP contribution in [0, 0.1) is 35.8 Å². The van der Waals surface area contributed by atoms with Gasteiger partial charge < -0.3 is 15.1 Å². The summed E-state index contributed by atoms with van der Waals surface area (Å²) in [7, 11) is 0. The number of anilines is 1. The van der Waals surface area contributed by atoms with Gasteiger partial charge in [-0.2, -0.15) is 5.26 Å². The summed E-state index contributed by atoms with van der Waals surface area (Å²) in [5, 5.41) is 12.6. The van der Waals surface area contributed by atoms with Gasteiger partial charge in [-0.15, -0.1) is 0 Å². The maximum Gasteiger partial charge on any atom is 0.175 e. The molecule has 51 heavy (non-hydrogen) atoms. The van der Waals surface area contributed by atoms with Gasteiger partial charge in [0.15, 0.2) is 5.82 Å². The first-order valence-corrected chi connectivity index (χ1v) is 18.4. The van der Waals surface area contributed by atoms with Crippen LogP contribution in [-0.2, 0) is 6.42 Å². The number of nitriles is 1. The number of nitrogens with zero attached hydrogens (tertiary/aromatic N) is 7. The fraction of sp³-hybridized carbons (Fsp3) is 0.500. The number of rotatable bonds is 6. The van der Waals surface area contributed by atoms with E-state index < -0.39 is 17.8 Å². The Labute approximate surface area is 298 Å². The van der Waals surface area contributed by atoms with Crippen LogP contribution in [0.4, 0.5) is 19.0 Å². The molecule has 1 saturated carbocycles. The number of benzene rings is 2. The number of nitrogens with one attached hydrogen (secondary N) is 1. The number of pyridine rings is 1. The van der Waals surface area contributed by atoms with Gasteiger partial charge in [0.25, 0.3) is 0 Å². The van der Waals surface area contributed by atoms with Gasteiger partial charge in [0.05, 0.1) is 17.5 Å². The van der Waals surface area contributed by atoms with Crippen LogP contribution in [0.2, 0.25) is 0 Å². The van der Waals surface area contributed by atoms with Gasteiger partial charge in [0.1, 0.15) is 34.8 Å². The van der Waals surface area contributed by atoms with Crippen molar-refractivity contribution in [3.8, 4) is 17.3 Å². The van der Waals surface area contributed by atoms with Crippen molar-refractivity contribution < 1.29 is 13.2 Å². The Kier molecular flexibility index (Phi) is 10.2. The van der Waals surface area contributed by atoms with Crippen LogP contribution in [0.5, 0.6) is 0 Å². The number of halogens is 3. The van der Waals surface area contributed by atoms with E-state index in [-0.39, 0.29) is 11.2 Å². The molecule has 0 bridgehead atoms. The van der Waals surface area contributed by atoms with Gasteiger partial charge in [-0.3, -0.25) is 9.88 Å². The molecule has 5 fully saturated rings. The molecule has 2 aromatic carbocycles. The first kappa shape index (κ1) is 35.1. The van der Waals surface area contributed by atoms with Crippen molar-refractivity contribution in [2.75, 3.05) is 44.2 Å². The lowest BCUT2D eigenvalue weighted by atomic mass is 9.97. The van der Waals surface area contributed by atoms with E-state index in [2.05, 4.69) is 36.6 Å². The second-order valence-corrected chi connectivity index (χ2v) is 14.5. The summed E-state index contributed by atoms with van der Waals surface area (Å²) in [4.78, 5) is 20.8. The quantitative estimate of drug-likeness (QED) is 0.214. The average molecular weight is 697 g/mol. The lowest BCUT2D eigenvalue weighted by Crippen LogP contribution is -2.47. The smallest absolute Gasteiger partial charge is 0.175 e. The van der Waals surface area contributed by atoms with Crippen LogP contribution in [0.1, 0.15) is 57.3 Å². The van der Waals surface area contributed by atoms with Gasteiger partial charge in [-0.25, -0.2) is 23.1 Å². The average Bonchev–Trinajstić information content (AvgIpc) is 4.04. The maximum absolute atomic E-state index is 16.3. The number of hydrogen-bond donors (Lipinski definition) is 1. The van der Waals surface area contributed by atoms with E-state index in [9.17, 15) is 8.78 Å². The number of piperazine rings is 1. The molecule has 4 saturated heterocycles. The summed E-state index contributed by atoms with van der Waals surface area (Å²) >= 11 is 0. The topological polar surface area (TPSA) is 94.1 Å². The van der Waals surface area contributed by atoms with E-state index in [1.165, 1.54) is 44.4 Å². The number of aromatic nitrogens is 3. The van der Waals surface area contributed by atoms with Gasteiger partial charge in [0.2, 0.25) is 0 Å². The highest BCUT2D eigenvalue weighted by Crippen LogP contribution is 2.42. The molecule has 1 aliphatic carbocycles. The zero-order chi connectivity index (χ0) is 35.8. The molecule has 4 unspecified atom stereocenters. The van der Waals surface area contributed by atoms with E-state index in [4.69, 9.17) is 10.2 Å². The molecule has 0 radical (unpaired) electrons. The van der Waals surface area contributed by atoms with Crippen molar-refractivity contribution in [3.63, 3.8) is 0 Å². The Balaban J connectivity index is 0.000000287. The monoisotopic (exact) mass is 696 g/mol. The summed E-state index contributed by atoms with van der Waals surface area (Å²) < 4.78 is 43.8. The van der Waals surface area contributed by atoms with Crippen molar-refractivity contribution in [1.29, 1.82) is 5.26 Å². The molecule has 268 valence electrons. The van der Waals surface area contributed by atoms with E-state index >= 15 is 4.39 Å². The predicted octanol–water partition coefficient (Wildman–Crippen LogP) is 7.10. The number of aryl methyl sites for hydroxylation is 2. The molecule has 11 heteroatoms. The van der Waals surface area contributed by atoms with Gasteiger partial charge in [-0.1, -0.05) is 31.7 Å². The molecule has 0 amide bonds. The summed E-state index contributed by atoms with van der Waals surface area (Å²) in [5.41, 5.74) is 2.87. The lowest BCUT2D eigenvalue weighted by molar-refractivity contribution is 0.292. The standard InChI is InChI=1S/C31H32F2N6.C7H12FN.C2H3N/c1-4-24-35-30-22(16-34-29(26(30)33)21-15-17(2)14-20-6-5-7-23(32)25(20)21)31(36-24)39-12-10-38(11-13-39)18(3)27-28(37-27)19-8-9-19;8-6-4-7-2-1-3-9(7)5-6;1-2-3/h5-7,14-16,19,27-28,37H,3-4,8-13H2,1-2H3;6-7H,1-5H2;1H3. The fourth-order valence-electron chi connectivity index (χ4n) is 8.14. The first-order valence-electron chi connectivity index (χ1n) is 18.4. The van der Waals surface area contributed by atoms with Crippen molar-refractivity contribution in [2.45, 2.75) is 83.6 Å². The SMILES string of the molecule is C=C(C1NC1C1CC1)N1CCN(c2nc(CC)nc3c(F)c(-c4cc(C)cc5cccc(F)c45)ncc23)CC1.CC#N.FC1CC2CCCN2C1. The first-order chi connectivity index (χ1) is 24.7. The van der Waals surface area contributed by atoms with Gasteiger partial charge in [0, 0.05) is 81.0 Å². The van der Waals surface area contributed by atoms with Crippen molar-refractivity contribution in [2.24, 2.45) is 5.92 Å². The molecule has 4 aromatic rings. The van der Waals surface area contributed by atoms with Crippen molar-refractivity contribution in [3.05, 3.63) is 71.8 Å². The molecule has 2 aromatic heterocycles. The van der Waals surface area contributed by atoms with Crippen LogP contribution in [0.3, 0.4) is 0 Å². The number of alkyl halides is 1. The molecule has 6 heterocycles. The molecule has 4 atom stereocenters. The van der Waals surface area contributed by atoms with Crippen LogP contribution in [0.15, 0.2) is 48.8 Å². The molecular weight excluding hydrogens is 649 g/mol. The van der Waals surface area contributed by atoms with Crippen LogP contribution >= 0.6 is 0 Å². The normalized spacial score (nSPS) is 24.0. The Morgan fingerprint density at radius 2 is 1.84 bits per heavy atom. The molecule has 4 aliphatic heterocycles. The third-order valence-corrected chi connectivity index (χ3v) is 10.9. The third-order valence-electron chi connectivity index (χ3n) is 10.9. The van der Waals surface area contributed by atoms with E-state index in [1.807, 2.05) is 26.0 Å². The van der Waals surface area contributed by atoms with Crippen LogP contribution in [0.25, 0.3) is 32.9 Å². The lowest BCUT2D eigenvalue weighted by Gasteiger charge is -2.38. The minimum atomic E-state index is -0.543. The minimum absolute atomic E-state index is 0.108. The number of hydrogen-bond acceptors (Lipinski definition) is 8. The van der Waals surface area contributed by atoms with Crippen LogP contribution < -0.4 is 10.2 Å². The highest BCUT2D eigenvalue weighted by Gasteiger charge is 2.49. The highest BCUT2D eigenvalue weighted by atomic mass is 19.1. The largest absolute Gasteiger partial charge is 0.370 e. The second kappa shape index (κ2) is 14.8. The molecule has 0 spiro atoms. The van der Waals surface area contributed by atoms with E-state index in [0.29, 0.717) is 64.5 Å². The maximum atomic E-state index is 16.3. The Morgan fingerprint density at radius 1 is 1.08 bits per heavy atom. The second-order valence-electron chi connectivity index (χ2n) is 14.5. The third kappa shape index (κ3) is 7.26. The predicted molar refractivity (Wildman–Crippen MR) is 196 cm³/mol. The van der Waals surface area contributed by atoms with Gasteiger partial charge in [-0.05, 0) is 74.6 Å². The molecule has 5 aliphatic rings.